The molecule has 0 spiro atoms. The van der Waals surface area contributed by atoms with E-state index in [-0.39, 0.29) is 0 Å². The SMILES string of the molecule is CCC1NC(=S)N2CCCCN12. The molecule has 0 saturated carbocycles. The highest BCUT2D eigenvalue weighted by molar-refractivity contribution is 7.80. The third kappa shape index (κ3) is 1.19. The summed E-state index contributed by atoms with van der Waals surface area (Å²) in [6.07, 6.45) is 4.15. The third-order valence-corrected chi connectivity index (χ3v) is 2.92. The molecule has 0 radical (unpaired) electrons. The van der Waals surface area contributed by atoms with Gasteiger partial charge in [0.1, 0.15) is 0 Å². The molecular weight excluding hydrogens is 170 g/mol. The van der Waals surface area contributed by atoms with Crippen molar-refractivity contribution in [3.8, 4) is 0 Å². The molecule has 1 atom stereocenters. The Morgan fingerprint density at radius 3 is 3.00 bits per heavy atom. The van der Waals surface area contributed by atoms with Crippen LogP contribution < -0.4 is 5.32 Å². The lowest BCUT2D eigenvalue weighted by molar-refractivity contribution is 0.00321. The maximum absolute atomic E-state index is 5.23. The first-order chi connectivity index (χ1) is 5.83. The quantitative estimate of drug-likeness (QED) is 0.612. The van der Waals surface area contributed by atoms with Crippen molar-refractivity contribution in [1.82, 2.24) is 15.3 Å². The summed E-state index contributed by atoms with van der Waals surface area (Å²) in [5.41, 5.74) is 0. The Balaban J connectivity index is 2.10. The molecule has 2 saturated heterocycles. The number of rotatable bonds is 1. The minimum Gasteiger partial charge on any atom is -0.344 e. The molecule has 0 aromatic heterocycles. The summed E-state index contributed by atoms with van der Waals surface area (Å²) in [4.78, 5) is 0. The molecule has 2 aliphatic rings. The predicted octanol–water partition coefficient (Wildman–Crippen LogP) is 0.923. The molecule has 0 bridgehead atoms. The van der Waals surface area contributed by atoms with Gasteiger partial charge >= 0.3 is 0 Å². The number of thiocarbonyl (C=S) groups is 1. The van der Waals surface area contributed by atoms with Crippen molar-refractivity contribution in [2.75, 3.05) is 13.1 Å². The molecule has 1 N–H and O–H groups in total. The van der Waals surface area contributed by atoms with Gasteiger partial charge in [0.25, 0.3) is 0 Å². The maximum atomic E-state index is 5.23. The monoisotopic (exact) mass is 185 g/mol. The van der Waals surface area contributed by atoms with Crippen LogP contribution in [0.1, 0.15) is 26.2 Å². The van der Waals surface area contributed by atoms with Crippen LogP contribution in [0, 0.1) is 0 Å². The third-order valence-electron chi connectivity index (χ3n) is 2.59. The second-order valence-electron chi connectivity index (χ2n) is 3.37. The van der Waals surface area contributed by atoms with Crippen LogP contribution in [-0.4, -0.2) is 34.4 Å². The molecule has 12 heavy (non-hydrogen) atoms. The molecule has 0 aromatic rings. The fraction of sp³-hybridized carbons (Fsp3) is 0.875. The molecule has 2 aliphatic heterocycles. The molecule has 0 aliphatic carbocycles. The number of fused-ring (bicyclic) bond motifs is 1. The molecule has 0 amide bonds. The standard InChI is InChI=1S/C8H15N3S/c1-2-7-9-8(12)11-6-4-3-5-10(7)11/h7H,2-6H2,1H3,(H,9,12). The largest absolute Gasteiger partial charge is 0.344 e. The Hall–Kier alpha value is -0.350. The highest BCUT2D eigenvalue weighted by Crippen LogP contribution is 2.20. The van der Waals surface area contributed by atoms with Crippen LogP contribution in [0.2, 0.25) is 0 Å². The average Bonchev–Trinajstić information content (AvgIpc) is 2.44. The Labute approximate surface area is 78.7 Å². The Morgan fingerprint density at radius 1 is 1.50 bits per heavy atom. The van der Waals surface area contributed by atoms with Crippen molar-refractivity contribution in [3.63, 3.8) is 0 Å². The smallest absolute Gasteiger partial charge is 0.185 e. The van der Waals surface area contributed by atoms with Crippen molar-refractivity contribution in [3.05, 3.63) is 0 Å². The van der Waals surface area contributed by atoms with Gasteiger partial charge in [-0.25, -0.2) is 0 Å². The van der Waals surface area contributed by atoms with E-state index in [1.54, 1.807) is 0 Å². The summed E-state index contributed by atoms with van der Waals surface area (Å²) >= 11 is 5.23. The summed E-state index contributed by atoms with van der Waals surface area (Å²) < 4.78 is 0. The molecule has 2 heterocycles. The van der Waals surface area contributed by atoms with Gasteiger partial charge in [0.05, 0.1) is 6.17 Å². The van der Waals surface area contributed by atoms with E-state index in [1.807, 2.05) is 0 Å². The summed E-state index contributed by atoms with van der Waals surface area (Å²) in [5, 5.41) is 8.83. The van der Waals surface area contributed by atoms with E-state index in [4.69, 9.17) is 12.2 Å². The van der Waals surface area contributed by atoms with E-state index < -0.39 is 0 Å². The second-order valence-corrected chi connectivity index (χ2v) is 3.75. The lowest BCUT2D eigenvalue weighted by atomic mass is 10.2. The zero-order valence-electron chi connectivity index (χ0n) is 7.42. The Morgan fingerprint density at radius 2 is 2.25 bits per heavy atom. The molecule has 1 unspecified atom stereocenters. The number of nitrogens with one attached hydrogen (secondary N) is 1. The van der Waals surface area contributed by atoms with Crippen LogP contribution in [0.25, 0.3) is 0 Å². The molecule has 2 rings (SSSR count). The van der Waals surface area contributed by atoms with E-state index in [1.165, 1.54) is 12.8 Å². The molecule has 3 nitrogen and oxygen atoms in total. The maximum Gasteiger partial charge on any atom is 0.185 e. The zero-order chi connectivity index (χ0) is 8.55. The van der Waals surface area contributed by atoms with Gasteiger partial charge in [0, 0.05) is 13.1 Å². The van der Waals surface area contributed by atoms with Crippen molar-refractivity contribution in [2.24, 2.45) is 0 Å². The van der Waals surface area contributed by atoms with Crippen LogP contribution in [0.4, 0.5) is 0 Å². The molecule has 4 heteroatoms. The highest BCUT2D eigenvalue weighted by Gasteiger charge is 2.34. The predicted molar refractivity (Wildman–Crippen MR) is 52.5 cm³/mol. The van der Waals surface area contributed by atoms with E-state index in [0.29, 0.717) is 6.17 Å². The molecule has 2 fully saturated rings. The molecular formula is C8H15N3S. The minimum absolute atomic E-state index is 0.456. The lowest BCUT2D eigenvalue weighted by Crippen LogP contribution is -2.46. The summed E-state index contributed by atoms with van der Waals surface area (Å²) in [6.45, 7) is 4.45. The van der Waals surface area contributed by atoms with Crippen LogP contribution in [0.5, 0.6) is 0 Å². The highest BCUT2D eigenvalue weighted by atomic mass is 32.1. The fourth-order valence-electron chi connectivity index (χ4n) is 1.93. The van der Waals surface area contributed by atoms with E-state index in [9.17, 15) is 0 Å². The van der Waals surface area contributed by atoms with Gasteiger partial charge in [-0.15, -0.1) is 0 Å². The first kappa shape index (κ1) is 8.26. The fourth-order valence-corrected chi connectivity index (χ4v) is 2.26. The Bertz CT molecular complexity index is 195. The van der Waals surface area contributed by atoms with Crippen molar-refractivity contribution in [1.29, 1.82) is 0 Å². The average molecular weight is 185 g/mol. The number of hydrogen-bond acceptors (Lipinski definition) is 2. The summed E-state index contributed by atoms with van der Waals surface area (Å²) in [6, 6.07) is 0. The van der Waals surface area contributed by atoms with Crippen LogP contribution in [0.3, 0.4) is 0 Å². The number of nitrogens with zero attached hydrogens (tertiary/aromatic N) is 2. The van der Waals surface area contributed by atoms with E-state index in [2.05, 4.69) is 22.3 Å². The summed E-state index contributed by atoms with van der Waals surface area (Å²) in [7, 11) is 0. The van der Waals surface area contributed by atoms with Crippen molar-refractivity contribution in [2.45, 2.75) is 32.4 Å². The molecule has 68 valence electrons. The van der Waals surface area contributed by atoms with E-state index >= 15 is 0 Å². The van der Waals surface area contributed by atoms with Crippen molar-refractivity contribution < 1.29 is 0 Å². The van der Waals surface area contributed by atoms with Crippen LogP contribution in [-0.2, 0) is 0 Å². The lowest BCUT2D eigenvalue weighted by Gasteiger charge is -2.34. The Kier molecular flexibility index (Phi) is 2.19. The second kappa shape index (κ2) is 3.18. The number of hydrogen-bond donors (Lipinski definition) is 1. The summed E-state index contributed by atoms with van der Waals surface area (Å²) in [5.74, 6) is 0. The van der Waals surface area contributed by atoms with Gasteiger partial charge in [0.2, 0.25) is 0 Å². The van der Waals surface area contributed by atoms with Gasteiger partial charge in [-0.2, -0.15) is 5.01 Å². The first-order valence-corrected chi connectivity index (χ1v) is 5.08. The van der Waals surface area contributed by atoms with Crippen molar-refractivity contribution >= 4 is 17.3 Å². The minimum atomic E-state index is 0.456. The topological polar surface area (TPSA) is 18.5 Å². The normalized spacial score (nSPS) is 30.2. The van der Waals surface area contributed by atoms with Crippen LogP contribution in [0.15, 0.2) is 0 Å². The molecule has 0 aromatic carbocycles. The van der Waals surface area contributed by atoms with Crippen LogP contribution >= 0.6 is 12.2 Å². The number of hydrazine groups is 1. The van der Waals surface area contributed by atoms with Gasteiger partial charge in [-0.05, 0) is 31.5 Å². The van der Waals surface area contributed by atoms with Gasteiger partial charge in [-0.3, -0.25) is 5.01 Å². The zero-order valence-corrected chi connectivity index (χ0v) is 8.23. The van der Waals surface area contributed by atoms with Gasteiger partial charge in [0.15, 0.2) is 5.11 Å². The first-order valence-electron chi connectivity index (χ1n) is 4.67. The van der Waals surface area contributed by atoms with E-state index in [0.717, 1.165) is 24.6 Å². The van der Waals surface area contributed by atoms with Gasteiger partial charge in [-0.1, -0.05) is 6.92 Å². The van der Waals surface area contributed by atoms with Gasteiger partial charge < -0.3 is 5.32 Å².